The van der Waals surface area contributed by atoms with E-state index < -0.39 is 5.82 Å². The van der Waals surface area contributed by atoms with E-state index in [1.807, 2.05) is 36.4 Å². The van der Waals surface area contributed by atoms with Crippen LogP contribution in [0.1, 0.15) is 10.4 Å². The third kappa shape index (κ3) is 3.53. The van der Waals surface area contributed by atoms with Crippen LogP contribution in [-0.4, -0.2) is 11.0 Å². The molecule has 2 N–H and O–H groups in total. The first-order valence-corrected chi connectivity index (χ1v) is 7.88. The highest BCUT2D eigenvalue weighted by atomic mass is 35.5. The van der Waals surface area contributed by atoms with Crippen molar-refractivity contribution in [1.82, 2.24) is 5.32 Å². The van der Waals surface area contributed by atoms with E-state index in [-0.39, 0.29) is 16.0 Å². The number of fused-ring (bicyclic) bond motifs is 1. The van der Waals surface area contributed by atoms with Gasteiger partial charge < -0.3 is 5.32 Å². The molecule has 0 fully saturated rings. The second-order valence-corrected chi connectivity index (χ2v) is 5.88. The standard InChI is InChI=1S/C18H12ClFN2OS/c19-15-10-12(8-9-16(15)20)21-18(24)22-17(23)14-7-3-5-11-4-1-2-6-13(11)14/h1-10H,(H2,21,22,23,24). The van der Waals surface area contributed by atoms with Crippen molar-refractivity contribution in [2.24, 2.45) is 0 Å². The molecule has 0 radical (unpaired) electrons. The van der Waals surface area contributed by atoms with E-state index in [1.54, 1.807) is 6.07 Å². The molecule has 0 unspecified atom stereocenters. The molecule has 6 heteroatoms. The molecule has 24 heavy (non-hydrogen) atoms. The summed E-state index contributed by atoms with van der Waals surface area (Å²) in [6, 6.07) is 17.2. The molecule has 0 saturated heterocycles. The highest BCUT2D eigenvalue weighted by molar-refractivity contribution is 7.80. The Morgan fingerprint density at radius 2 is 1.79 bits per heavy atom. The van der Waals surface area contributed by atoms with E-state index in [1.165, 1.54) is 18.2 Å². The van der Waals surface area contributed by atoms with Crippen LogP contribution in [0.25, 0.3) is 10.8 Å². The van der Waals surface area contributed by atoms with Crippen LogP contribution in [0.3, 0.4) is 0 Å². The van der Waals surface area contributed by atoms with Crippen molar-refractivity contribution in [1.29, 1.82) is 0 Å². The smallest absolute Gasteiger partial charge is 0.258 e. The number of carbonyl (C=O) groups excluding carboxylic acids is 1. The fraction of sp³-hybridized carbons (Fsp3) is 0. The second kappa shape index (κ2) is 6.95. The molecule has 0 bridgehead atoms. The quantitative estimate of drug-likeness (QED) is 0.649. The normalized spacial score (nSPS) is 10.4. The maximum Gasteiger partial charge on any atom is 0.258 e. The third-order valence-corrected chi connectivity index (χ3v) is 3.93. The molecule has 0 aliphatic carbocycles. The van der Waals surface area contributed by atoms with Crippen molar-refractivity contribution in [3.63, 3.8) is 0 Å². The minimum atomic E-state index is -0.520. The first-order valence-electron chi connectivity index (χ1n) is 7.10. The van der Waals surface area contributed by atoms with Crippen LogP contribution >= 0.6 is 23.8 Å². The average Bonchev–Trinajstić information content (AvgIpc) is 2.57. The zero-order valence-corrected chi connectivity index (χ0v) is 13.9. The zero-order valence-electron chi connectivity index (χ0n) is 12.3. The van der Waals surface area contributed by atoms with Gasteiger partial charge in [-0.2, -0.15) is 0 Å². The van der Waals surface area contributed by atoms with Gasteiger partial charge in [-0.25, -0.2) is 4.39 Å². The molecule has 0 aromatic heterocycles. The lowest BCUT2D eigenvalue weighted by Crippen LogP contribution is -2.34. The Balaban J connectivity index is 1.76. The molecule has 0 saturated carbocycles. The van der Waals surface area contributed by atoms with Crippen molar-refractivity contribution >= 4 is 51.3 Å². The monoisotopic (exact) mass is 358 g/mol. The van der Waals surface area contributed by atoms with Gasteiger partial charge in [-0.1, -0.05) is 48.0 Å². The van der Waals surface area contributed by atoms with Crippen LogP contribution in [0.4, 0.5) is 10.1 Å². The van der Waals surface area contributed by atoms with Gasteiger partial charge in [0, 0.05) is 11.3 Å². The van der Waals surface area contributed by atoms with Crippen LogP contribution < -0.4 is 10.6 Å². The fourth-order valence-corrected chi connectivity index (χ4v) is 2.72. The van der Waals surface area contributed by atoms with Crippen molar-refractivity contribution in [3.05, 3.63) is 77.1 Å². The van der Waals surface area contributed by atoms with Gasteiger partial charge in [0.15, 0.2) is 5.11 Å². The molecule has 3 aromatic carbocycles. The Hall–Kier alpha value is -2.50. The van der Waals surface area contributed by atoms with Crippen molar-refractivity contribution < 1.29 is 9.18 Å². The number of halogens is 2. The number of carbonyl (C=O) groups is 1. The molecule has 120 valence electrons. The lowest BCUT2D eigenvalue weighted by molar-refractivity contribution is 0.0979. The van der Waals surface area contributed by atoms with Gasteiger partial charge in [-0.3, -0.25) is 10.1 Å². The molecule has 3 rings (SSSR count). The summed E-state index contributed by atoms with van der Waals surface area (Å²) in [4.78, 5) is 12.5. The lowest BCUT2D eigenvalue weighted by atomic mass is 10.0. The van der Waals surface area contributed by atoms with Crippen molar-refractivity contribution in [2.45, 2.75) is 0 Å². The lowest BCUT2D eigenvalue weighted by Gasteiger charge is -2.11. The van der Waals surface area contributed by atoms with Gasteiger partial charge >= 0.3 is 0 Å². The summed E-state index contributed by atoms with van der Waals surface area (Å²) in [5, 5.41) is 7.31. The summed E-state index contributed by atoms with van der Waals surface area (Å²) in [5.74, 6) is -0.842. The Morgan fingerprint density at radius 3 is 2.58 bits per heavy atom. The van der Waals surface area contributed by atoms with Crippen LogP contribution in [0.5, 0.6) is 0 Å². The molecule has 0 spiro atoms. The van der Waals surface area contributed by atoms with Crippen molar-refractivity contribution in [3.8, 4) is 0 Å². The first-order chi connectivity index (χ1) is 11.5. The van der Waals surface area contributed by atoms with E-state index >= 15 is 0 Å². The molecule has 0 aliphatic rings. The molecular formula is C18H12ClFN2OS. The van der Waals surface area contributed by atoms with E-state index in [4.69, 9.17) is 23.8 Å². The minimum Gasteiger partial charge on any atom is -0.332 e. The molecule has 1 amide bonds. The van der Waals surface area contributed by atoms with Gasteiger partial charge in [0.05, 0.1) is 5.02 Å². The minimum absolute atomic E-state index is 0.0248. The molecular weight excluding hydrogens is 347 g/mol. The van der Waals surface area contributed by atoms with E-state index in [0.29, 0.717) is 11.3 Å². The molecule has 0 heterocycles. The molecule has 3 nitrogen and oxygen atoms in total. The number of hydrogen-bond acceptors (Lipinski definition) is 2. The van der Waals surface area contributed by atoms with Gasteiger partial charge in [0.2, 0.25) is 0 Å². The fourth-order valence-electron chi connectivity index (χ4n) is 2.33. The van der Waals surface area contributed by atoms with Crippen LogP contribution in [0.2, 0.25) is 5.02 Å². The topological polar surface area (TPSA) is 41.1 Å². The van der Waals surface area contributed by atoms with Crippen LogP contribution in [-0.2, 0) is 0 Å². The molecule has 3 aromatic rings. The Labute approximate surface area is 148 Å². The number of anilines is 1. The predicted octanol–water partition coefficient (Wildman–Crippen LogP) is 4.76. The number of thiocarbonyl (C=S) groups is 1. The van der Waals surface area contributed by atoms with Gasteiger partial charge in [0.1, 0.15) is 5.82 Å². The van der Waals surface area contributed by atoms with E-state index in [0.717, 1.165) is 10.8 Å². The van der Waals surface area contributed by atoms with E-state index in [2.05, 4.69) is 10.6 Å². The Kier molecular flexibility index (Phi) is 4.74. The zero-order chi connectivity index (χ0) is 17.1. The number of amides is 1. The SMILES string of the molecule is O=C(NC(=S)Nc1ccc(F)c(Cl)c1)c1cccc2ccccc12. The first kappa shape index (κ1) is 16.4. The summed E-state index contributed by atoms with van der Waals surface area (Å²) >= 11 is 10.8. The van der Waals surface area contributed by atoms with Gasteiger partial charge in [-0.15, -0.1) is 0 Å². The van der Waals surface area contributed by atoms with Gasteiger partial charge in [0.25, 0.3) is 5.91 Å². The summed E-state index contributed by atoms with van der Waals surface area (Å²) in [6.45, 7) is 0. The highest BCUT2D eigenvalue weighted by Crippen LogP contribution is 2.20. The van der Waals surface area contributed by atoms with E-state index in [9.17, 15) is 9.18 Å². The number of hydrogen-bond donors (Lipinski definition) is 2. The summed E-state index contributed by atoms with van der Waals surface area (Å²) in [6.07, 6.45) is 0. The highest BCUT2D eigenvalue weighted by Gasteiger charge is 2.11. The Bertz CT molecular complexity index is 940. The molecule has 0 atom stereocenters. The van der Waals surface area contributed by atoms with Crippen LogP contribution in [0, 0.1) is 5.82 Å². The maximum atomic E-state index is 13.2. The number of benzene rings is 3. The summed E-state index contributed by atoms with van der Waals surface area (Å²) in [7, 11) is 0. The Morgan fingerprint density at radius 1 is 1.04 bits per heavy atom. The summed E-state index contributed by atoms with van der Waals surface area (Å²) < 4.78 is 13.2. The largest absolute Gasteiger partial charge is 0.332 e. The maximum absolute atomic E-state index is 13.2. The predicted molar refractivity (Wildman–Crippen MR) is 99.0 cm³/mol. The third-order valence-electron chi connectivity index (χ3n) is 3.44. The van der Waals surface area contributed by atoms with Gasteiger partial charge in [-0.05, 0) is 47.3 Å². The second-order valence-electron chi connectivity index (χ2n) is 5.06. The number of nitrogens with one attached hydrogen (secondary N) is 2. The number of rotatable bonds is 2. The summed E-state index contributed by atoms with van der Waals surface area (Å²) in [5.41, 5.74) is 1.01. The molecule has 0 aliphatic heterocycles. The van der Waals surface area contributed by atoms with Crippen molar-refractivity contribution in [2.75, 3.05) is 5.32 Å². The van der Waals surface area contributed by atoms with Crippen LogP contribution in [0.15, 0.2) is 60.7 Å². The average molecular weight is 359 g/mol.